The van der Waals surface area contributed by atoms with E-state index in [0.29, 0.717) is 6.61 Å². The molecule has 0 spiro atoms. The first kappa shape index (κ1) is 27.4. The van der Waals surface area contributed by atoms with E-state index in [1.54, 1.807) is 6.92 Å². The average molecular weight is 401 g/mol. The lowest BCUT2D eigenvalue weighted by atomic mass is 10.0. The smallest absolute Gasteiger partial charge is 0.329 e. The second-order valence-electron chi connectivity index (χ2n) is 8.15. The van der Waals surface area contributed by atoms with Crippen LogP contribution in [0.3, 0.4) is 0 Å². The first-order valence-corrected chi connectivity index (χ1v) is 12.1. The molecule has 0 aromatic rings. The van der Waals surface area contributed by atoms with Crippen LogP contribution in [0.1, 0.15) is 129 Å². The van der Waals surface area contributed by atoms with E-state index >= 15 is 0 Å². The fourth-order valence-corrected chi connectivity index (χ4v) is 3.49. The largest absolute Gasteiger partial charge is 0.480 e. The average Bonchev–Trinajstić information content (AvgIpc) is 2.68. The third-order valence-electron chi connectivity index (χ3n) is 5.29. The quantitative estimate of drug-likeness (QED) is 0.142. The molecular weight excluding hydrogens is 352 g/mol. The Kier molecular flexibility index (Phi) is 22.2. The summed E-state index contributed by atoms with van der Waals surface area (Å²) >= 11 is 0. The maximum atomic E-state index is 10.4. The van der Waals surface area contributed by atoms with Crippen LogP contribution in [0.5, 0.6) is 0 Å². The number of rotatable bonds is 23. The lowest BCUT2D eigenvalue weighted by Crippen LogP contribution is -2.18. The molecule has 0 aromatic heterocycles. The van der Waals surface area contributed by atoms with Crippen LogP contribution in [0.15, 0.2) is 0 Å². The monoisotopic (exact) mass is 400 g/mol. The summed E-state index contributed by atoms with van der Waals surface area (Å²) in [6.07, 6.45) is 24.2. The van der Waals surface area contributed by atoms with Crippen molar-refractivity contribution in [2.45, 2.75) is 136 Å². The molecule has 4 heteroatoms. The Morgan fingerprint density at radius 2 is 1.00 bits per heavy atom. The summed E-state index contributed by atoms with van der Waals surface area (Å²) in [6, 6.07) is 0. The van der Waals surface area contributed by atoms with E-state index < -0.39 is 12.3 Å². The van der Waals surface area contributed by atoms with Crippen molar-refractivity contribution in [3.05, 3.63) is 0 Å². The molecule has 0 rings (SSSR count). The van der Waals surface area contributed by atoms with Gasteiger partial charge in [0.1, 0.15) is 6.61 Å². The second-order valence-corrected chi connectivity index (χ2v) is 8.15. The number of carbonyl (C=O) groups is 1. The van der Waals surface area contributed by atoms with Gasteiger partial charge in [-0.3, -0.25) is 0 Å². The zero-order chi connectivity index (χ0) is 20.7. The van der Waals surface area contributed by atoms with Gasteiger partial charge in [0.25, 0.3) is 0 Å². The maximum Gasteiger partial charge on any atom is 0.329 e. The fourth-order valence-electron chi connectivity index (χ4n) is 3.49. The minimum atomic E-state index is -0.955. The molecular formula is C24H48O4. The second kappa shape index (κ2) is 22.7. The van der Waals surface area contributed by atoms with Crippen molar-refractivity contribution in [3.8, 4) is 0 Å². The molecule has 0 fully saturated rings. The predicted octanol–water partition coefficient (Wildman–Crippen LogP) is 7.49. The van der Waals surface area contributed by atoms with Crippen molar-refractivity contribution < 1.29 is 19.4 Å². The van der Waals surface area contributed by atoms with Crippen molar-refractivity contribution in [2.24, 2.45) is 0 Å². The van der Waals surface area contributed by atoms with Gasteiger partial charge in [0.05, 0.1) is 0 Å². The first-order valence-electron chi connectivity index (χ1n) is 12.1. The number of ether oxygens (including phenoxy) is 2. The molecule has 0 aliphatic rings. The molecule has 168 valence electrons. The van der Waals surface area contributed by atoms with Crippen molar-refractivity contribution in [1.29, 1.82) is 0 Å². The molecule has 0 heterocycles. The molecule has 0 aliphatic heterocycles. The molecule has 1 unspecified atom stereocenters. The predicted molar refractivity (Wildman–Crippen MR) is 118 cm³/mol. The molecule has 0 amide bonds. The standard InChI is InChI=1S/C24H48O4/c1-3-4-5-6-7-8-9-10-11-12-13-14-15-16-17-18-19-20-21-27-23(2)28-22-24(25)26/h23H,3-22H2,1-2H3,(H,25,26). The van der Waals surface area contributed by atoms with Gasteiger partial charge >= 0.3 is 5.97 Å². The van der Waals surface area contributed by atoms with Crippen LogP contribution in [0, 0.1) is 0 Å². The number of carboxylic acids is 1. The number of hydrogen-bond acceptors (Lipinski definition) is 3. The number of hydrogen-bond donors (Lipinski definition) is 1. The van der Waals surface area contributed by atoms with Crippen LogP contribution in [-0.4, -0.2) is 30.6 Å². The van der Waals surface area contributed by atoms with E-state index in [4.69, 9.17) is 14.6 Å². The summed E-state index contributed by atoms with van der Waals surface area (Å²) in [4.78, 5) is 10.4. The van der Waals surface area contributed by atoms with Crippen molar-refractivity contribution in [2.75, 3.05) is 13.2 Å². The number of carboxylic acid groups (broad SMARTS) is 1. The summed E-state index contributed by atoms with van der Waals surface area (Å²) in [5.41, 5.74) is 0. The lowest BCUT2D eigenvalue weighted by molar-refractivity contribution is -0.163. The van der Waals surface area contributed by atoms with Crippen molar-refractivity contribution in [1.82, 2.24) is 0 Å². The van der Waals surface area contributed by atoms with Crippen LogP contribution in [0.2, 0.25) is 0 Å². The Morgan fingerprint density at radius 1 is 0.643 bits per heavy atom. The van der Waals surface area contributed by atoms with E-state index in [1.165, 1.54) is 109 Å². The molecule has 0 aromatic carbocycles. The van der Waals surface area contributed by atoms with E-state index in [2.05, 4.69) is 6.92 Å². The van der Waals surface area contributed by atoms with E-state index in [9.17, 15) is 4.79 Å². The topological polar surface area (TPSA) is 55.8 Å². The highest BCUT2D eigenvalue weighted by Crippen LogP contribution is 2.14. The molecule has 1 N–H and O–H groups in total. The van der Waals surface area contributed by atoms with Crippen LogP contribution >= 0.6 is 0 Å². The Bertz CT molecular complexity index is 320. The molecule has 0 bridgehead atoms. The van der Waals surface area contributed by atoms with Crippen molar-refractivity contribution >= 4 is 5.97 Å². The zero-order valence-electron chi connectivity index (χ0n) is 18.9. The summed E-state index contributed by atoms with van der Waals surface area (Å²) in [5.74, 6) is -0.955. The summed E-state index contributed by atoms with van der Waals surface area (Å²) in [5, 5.41) is 8.52. The molecule has 0 radical (unpaired) electrons. The van der Waals surface area contributed by atoms with Gasteiger partial charge in [-0.1, -0.05) is 116 Å². The van der Waals surface area contributed by atoms with E-state index in [0.717, 1.165) is 6.42 Å². The summed E-state index contributed by atoms with van der Waals surface area (Å²) in [6.45, 7) is 4.39. The van der Waals surface area contributed by atoms with Crippen LogP contribution in [-0.2, 0) is 14.3 Å². The Balaban J connectivity index is 3.07. The number of aliphatic carboxylic acids is 1. The minimum Gasteiger partial charge on any atom is -0.480 e. The highest BCUT2D eigenvalue weighted by molar-refractivity contribution is 5.67. The van der Waals surface area contributed by atoms with E-state index in [1.807, 2.05) is 0 Å². The minimum absolute atomic E-state index is 0.291. The van der Waals surface area contributed by atoms with Gasteiger partial charge in [-0.2, -0.15) is 0 Å². The zero-order valence-corrected chi connectivity index (χ0v) is 18.9. The third-order valence-corrected chi connectivity index (χ3v) is 5.29. The van der Waals surface area contributed by atoms with Gasteiger partial charge < -0.3 is 14.6 Å². The third kappa shape index (κ3) is 23.4. The summed E-state index contributed by atoms with van der Waals surface area (Å²) in [7, 11) is 0. The highest BCUT2D eigenvalue weighted by Gasteiger charge is 2.04. The first-order chi connectivity index (χ1) is 13.7. The summed E-state index contributed by atoms with van der Waals surface area (Å²) < 4.78 is 10.5. The molecule has 0 saturated heterocycles. The number of unbranched alkanes of at least 4 members (excludes halogenated alkanes) is 17. The van der Waals surface area contributed by atoms with Gasteiger partial charge in [0.15, 0.2) is 6.29 Å². The van der Waals surface area contributed by atoms with Gasteiger partial charge in [-0.05, 0) is 13.3 Å². The van der Waals surface area contributed by atoms with Gasteiger partial charge in [0, 0.05) is 6.61 Å². The highest BCUT2D eigenvalue weighted by atomic mass is 16.7. The Hall–Kier alpha value is -0.610. The molecule has 0 aliphatic carbocycles. The fraction of sp³-hybridized carbons (Fsp3) is 0.958. The van der Waals surface area contributed by atoms with Crippen LogP contribution in [0.4, 0.5) is 0 Å². The Morgan fingerprint density at radius 3 is 1.36 bits per heavy atom. The van der Waals surface area contributed by atoms with E-state index in [-0.39, 0.29) is 6.61 Å². The van der Waals surface area contributed by atoms with Gasteiger partial charge in [0.2, 0.25) is 0 Å². The molecule has 4 nitrogen and oxygen atoms in total. The SMILES string of the molecule is CCCCCCCCCCCCCCCCCCCCOC(C)OCC(=O)O. The molecule has 28 heavy (non-hydrogen) atoms. The maximum absolute atomic E-state index is 10.4. The van der Waals surface area contributed by atoms with Crippen LogP contribution < -0.4 is 0 Å². The Labute approximate surface area is 174 Å². The lowest BCUT2D eigenvalue weighted by Gasteiger charge is -2.12. The van der Waals surface area contributed by atoms with Gasteiger partial charge in [-0.15, -0.1) is 0 Å². The van der Waals surface area contributed by atoms with Crippen molar-refractivity contribution in [3.63, 3.8) is 0 Å². The normalized spacial score (nSPS) is 12.4. The van der Waals surface area contributed by atoms with Crippen LogP contribution in [0.25, 0.3) is 0 Å². The van der Waals surface area contributed by atoms with Gasteiger partial charge in [-0.25, -0.2) is 4.79 Å². The molecule has 1 atom stereocenters. The molecule has 0 saturated carbocycles.